The number of nitrogens with zero attached hydrogens (tertiary/aromatic N) is 3. The number of rotatable bonds is 2. The van der Waals surface area contributed by atoms with Gasteiger partial charge in [-0.1, -0.05) is 31.5 Å². The van der Waals surface area contributed by atoms with Crippen LogP contribution in [0.2, 0.25) is 0 Å². The van der Waals surface area contributed by atoms with Crippen LogP contribution >= 0.6 is 0 Å². The summed E-state index contributed by atoms with van der Waals surface area (Å²) in [5, 5.41) is 13.7. The quantitative estimate of drug-likeness (QED) is 0.355. The first-order chi connectivity index (χ1) is 18.6. The van der Waals surface area contributed by atoms with Gasteiger partial charge < -0.3 is 10.4 Å². The van der Waals surface area contributed by atoms with Crippen LogP contribution in [0.15, 0.2) is 116 Å². The summed E-state index contributed by atoms with van der Waals surface area (Å²) in [6.07, 6.45) is 16.2. The van der Waals surface area contributed by atoms with Crippen LogP contribution in [0.5, 0.6) is 0 Å². The predicted molar refractivity (Wildman–Crippen MR) is 158 cm³/mol. The molecule has 0 radical (unpaired) electrons. The number of aliphatic imine (C=N–C) groups is 3. The molecular formula is C33H30N4O2. The number of carbonyl (C=O) groups is 1. The first-order valence-corrected chi connectivity index (χ1v) is 13.1. The fourth-order valence-corrected chi connectivity index (χ4v) is 5.84. The highest BCUT2D eigenvalue weighted by atomic mass is 16.2. The molecule has 6 heteroatoms. The van der Waals surface area contributed by atoms with Gasteiger partial charge >= 0.3 is 0 Å². The molecule has 0 aliphatic carbocycles. The van der Waals surface area contributed by atoms with Crippen LogP contribution in [-0.4, -0.2) is 28.5 Å². The minimum absolute atomic E-state index is 0.169. The van der Waals surface area contributed by atoms with Crippen LogP contribution in [0.25, 0.3) is 5.57 Å². The van der Waals surface area contributed by atoms with E-state index < -0.39 is 0 Å². The summed E-state index contributed by atoms with van der Waals surface area (Å²) in [5.41, 5.74) is 12.6. The molecular weight excluding hydrogens is 484 g/mol. The third kappa shape index (κ3) is 4.32. The van der Waals surface area contributed by atoms with Gasteiger partial charge in [-0.3, -0.25) is 4.79 Å². The molecule has 0 atom stereocenters. The molecule has 1 aromatic rings. The van der Waals surface area contributed by atoms with Crippen molar-refractivity contribution in [3.63, 3.8) is 0 Å². The molecule has 0 aromatic heterocycles. The second-order valence-corrected chi connectivity index (χ2v) is 11.2. The number of aliphatic hydroxyl groups is 1. The number of fused-ring (bicyclic) bond motifs is 5. The number of hydrogen-bond acceptors (Lipinski definition) is 6. The zero-order chi connectivity index (χ0) is 27.5. The number of benzene rings is 1. The monoisotopic (exact) mass is 514 g/mol. The first kappa shape index (κ1) is 24.7. The Bertz CT molecular complexity index is 1690. The fraction of sp³-hybridized carbons (Fsp3) is 0.212. The Kier molecular flexibility index (Phi) is 5.72. The Morgan fingerprint density at radius 3 is 2.38 bits per heavy atom. The number of nitrogens with one attached hydrogen (secondary N) is 1. The van der Waals surface area contributed by atoms with Crippen molar-refractivity contribution in [1.82, 2.24) is 5.32 Å². The lowest BCUT2D eigenvalue weighted by atomic mass is 9.87. The zero-order valence-corrected chi connectivity index (χ0v) is 22.8. The Hall–Kier alpha value is -4.58. The maximum atomic E-state index is 11.9. The van der Waals surface area contributed by atoms with Crippen LogP contribution in [-0.2, 0) is 4.79 Å². The average molecular weight is 515 g/mol. The smallest absolute Gasteiger partial charge is 0.152 e. The van der Waals surface area contributed by atoms with E-state index in [1.165, 1.54) is 5.56 Å². The van der Waals surface area contributed by atoms with Gasteiger partial charge in [-0.05, 0) is 86.4 Å². The molecule has 1 aromatic carbocycles. The molecule has 0 saturated carbocycles. The van der Waals surface area contributed by atoms with E-state index in [1.807, 2.05) is 42.5 Å². The molecule has 0 spiro atoms. The van der Waals surface area contributed by atoms with Crippen molar-refractivity contribution in [2.45, 2.75) is 41.0 Å². The van der Waals surface area contributed by atoms with E-state index >= 15 is 0 Å². The van der Waals surface area contributed by atoms with Crippen molar-refractivity contribution in [2.75, 3.05) is 0 Å². The van der Waals surface area contributed by atoms with Gasteiger partial charge in [0.25, 0.3) is 0 Å². The van der Waals surface area contributed by atoms with E-state index in [-0.39, 0.29) is 5.41 Å². The standard InChI is InChI=1S/C33H30N4O2/c1-18-8-19(2)31(20(3)9-18)32-26-7-6-23(34-26)12-27-21(16-38)10-24(35-27)14-30-33(4,5)15-25(36-30)13-28-22(17-39)11-29(32)37-28/h6-14,16-17,36,39H,15H2,1-5H3/b22-17-,25-13?,27-12?,30-14?,32-26?. The lowest BCUT2D eigenvalue weighted by Crippen LogP contribution is -2.14. The maximum Gasteiger partial charge on any atom is 0.152 e. The molecule has 6 rings (SSSR count). The normalized spacial score (nSPS) is 22.0. The number of carbonyl (C=O) groups excluding carboxylic acids is 1. The predicted octanol–water partition coefficient (Wildman–Crippen LogP) is 6.38. The number of aliphatic hydroxyl groups excluding tert-OH is 1. The fourth-order valence-electron chi connectivity index (χ4n) is 5.84. The van der Waals surface area contributed by atoms with Crippen molar-refractivity contribution in [1.29, 1.82) is 0 Å². The van der Waals surface area contributed by atoms with Gasteiger partial charge in [-0.25, -0.2) is 15.0 Å². The first-order valence-electron chi connectivity index (χ1n) is 13.1. The summed E-state index contributed by atoms with van der Waals surface area (Å²) in [7, 11) is 0. The van der Waals surface area contributed by atoms with Gasteiger partial charge in [-0.2, -0.15) is 0 Å². The highest BCUT2D eigenvalue weighted by molar-refractivity contribution is 6.17. The van der Waals surface area contributed by atoms with Gasteiger partial charge in [0, 0.05) is 33.5 Å². The molecule has 0 amide bonds. The van der Waals surface area contributed by atoms with Crippen LogP contribution in [0.1, 0.15) is 42.5 Å². The van der Waals surface area contributed by atoms with Crippen LogP contribution in [0, 0.1) is 26.2 Å². The minimum atomic E-state index is -0.169. The SMILES string of the molecule is Cc1cc(C)c(C2=C3C=CC(=N3)C=C3N=C(C=C3C=O)C=C3NC(=CC4=NC2=C/C4=C/O)CC3(C)C)c(C)c1. The molecule has 5 aliphatic heterocycles. The van der Waals surface area contributed by atoms with E-state index in [0.717, 1.165) is 69.7 Å². The largest absolute Gasteiger partial charge is 0.515 e. The molecule has 194 valence electrons. The minimum Gasteiger partial charge on any atom is -0.515 e. The molecule has 5 aliphatic rings. The second-order valence-electron chi connectivity index (χ2n) is 11.2. The summed E-state index contributed by atoms with van der Waals surface area (Å²) in [6.45, 7) is 10.6. The Morgan fingerprint density at radius 2 is 1.67 bits per heavy atom. The Morgan fingerprint density at radius 1 is 0.897 bits per heavy atom. The highest BCUT2D eigenvalue weighted by Crippen LogP contribution is 2.41. The van der Waals surface area contributed by atoms with Gasteiger partial charge in [0.1, 0.15) is 0 Å². The molecule has 5 heterocycles. The average Bonchev–Trinajstić information content (AvgIpc) is 3.63. The summed E-state index contributed by atoms with van der Waals surface area (Å²) in [5.74, 6) is 0. The van der Waals surface area contributed by atoms with Gasteiger partial charge in [-0.15, -0.1) is 0 Å². The number of aldehydes is 1. The van der Waals surface area contributed by atoms with Crippen molar-refractivity contribution >= 4 is 29.0 Å². The molecule has 0 unspecified atom stereocenters. The van der Waals surface area contributed by atoms with Crippen molar-refractivity contribution < 1.29 is 9.90 Å². The Labute approximate surface area is 228 Å². The van der Waals surface area contributed by atoms with Crippen LogP contribution in [0.3, 0.4) is 0 Å². The number of aryl methyl sites for hydroxylation is 3. The Balaban J connectivity index is 1.64. The molecule has 1 fully saturated rings. The van der Waals surface area contributed by atoms with Crippen LogP contribution in [0.4, 0.5) is 0 Å². The van der Waals surface area contributed by atoms with E-state index in [9.17, 15) is 9.90 Å². The summed E-state index contributed by atoms with van der Waals surface area (Å²) >= 11 is 0. The molecule has 1 saturated heterocycles. The topological polar surface area (TPSA) is 86.4 Å². The molecule has 8 bridgehead atoms. The summed E-state index contributed by atoms with van der Waals surface area (Å²) in [6, 6.07) is 4.33. The third-order valence-corrected chi connectivity index (χ3v) is 7.59. The van der Waals surface area contributed by atoms with Gasteiger partial charge in [0.15, 0.2) is 6.29 Å². The number of hydrogen-bond donors (Lipinski definition) is 2. The molecule has 6 nitrogen and oxygen atoms in total. The van der Waals surface area contributed by atoms with Gasteiger partial charge in [0.2, 0.25) is 0 Å². The third-order valence-electron chi connectivity index (χ3n) is 7.59. The summed E-state index contributed by atoms with van der Waals surface area (Å²) in [4.78, 5) is 26.7. The lowest BCUT2D eigenvalue weighted by Gasteiger charge is -2.17. The second kappa shape index (κ2) is 9.02. The highest BCUT2D eigenvalue weighted by Gasteiger charge is 2.34. The summed E-state index contributed by atoms with van der Waals surface area (Å²) < 4.78 is 0. The maximum absolute atomic E-state index is 11.9. The van der Waals surface area contributed by atoms with Crippen molar-refractivity contribution in [3.8, 4) is 0 Å². The number of allylic oxidation sites excluding steroid dienone is 12. The van der Waals surface area contributed by atoms with E-state index in [0.29, 0.717) is 28.3 Å². The van der Waals surface area contributed by atoms with Crippen LogP contribution < -0.4 is 5.32 Å². The zero-order valence-electron chi connectivity index (χ0n) is 22.8. The van der Waals surface area contributed by atoms with Crippen molar-refractivity contribution in [2.24, 2.45) is 20.4 Å². The van der Waals surface area contributed by atoms with E-state index in [1.54, 1.807) is 0 Å². The molecule has 2 N–H and O–H groups in total. The van der Waals surface area contributed by atoms with E-state index in [2.05, 4.69) is 52.1 Å². The molecule has 39 heavy (non-hydrogen) atoms. The van der Waals surface area contributed by atoms with Gasteiger partial charge in [0.05, 0.1) is 40.5 Å². The van der Waals surface area contributed by atoms with E-state index in [4.69, 9.17) is 15.0 Å². The lowest BCUT2D eigenvalue weighted by molar-refractivity contribution is -0.104. The van der Waals surface area contributed by atoms with Crippen molar-refractivity contribution in [3.05, 3.63) is 123 Å².